The highest BCUT2D eigenvalue weighted by molar-refractivity contribution is 6.16. The summed E-state index contributed by atoms with van der Waals surface area (Å²) in [6, 6.07) is 7.56. The number of ether oxygens (including phenoxy) is 1. The molecule has 0 saturated carbocycles. The summed E-state index contributed by atoms with van der Waals surface area (Å²) in [4.78, 5) is 11.2. The van der Waals surface area contributed by atoms with Crippen LogP contribution in [0, 0.1) is 0 Å². The van der Waals surface area contributed by atoms with Gasteiger partial charge in [-0.25, -0.2) is 4.79 Å². The highest BCUT2D eigenvalue weighted by Crippen LogP contribution is 2.24. The van der Waals surface area contributed by atoms with E-state index in [1.165, 1.54) is 12.1 Å². The zero-order chi connectivity index (χ0) is 12.2. The van der Waals surface area contributed by atoms with Gasteiger partial charge in [-0.15, -0.1) is 0 Å². The fourth-order valence-electron chi connectivity index (χ4n) is 1.15. The number of hydrogen-bond donors (Lipinski definition) is 0. The van der Waals surface area contributed by atoms with Crippen LogP contribution in [0.2, 0.25) is 0 Å². The summed E-state index contributed by atoms with van der Waals surface area (Å²) in [5.74, 6) is -1.01. The summed E-state index contributed by atoms with van der Waals surface area (Å²) in [5.41, 5.74) is -0.331. The van der Waals surface area contributed by atoms with Crippen molar-refractivity contribution in [2.45, 2.75) is 6.18 Å². The summed E-state index contributed by atoms with van der Waals surface area (Å²) in [5, 5.41) is 0. The van der Waals surface area contributed by atoms with Gasteiger partial charge < -0.3 is 4.74 Å². The van der Waals surface area contributed by atoms with Crippen LogP contribution in [0.5, 0.6) is 0 Å². The number of carbonyl (C=O) groups is 1. The van der Waals surface area contributed by atoms with Gasteiger partial charge in [0.1, 0.15) is 0 Å². The first-order valence-electron chi connectivity index (χ1n) is 4.37. The third-order valence-corrected chi connectivity index (χ3v) is 1.80. The van der Waals surface area contributed by atoms with E-state index in [1.807, 2.05) is 0 Å². The van der Waals surface area contributed by atoms with Crippen molar-refractivity contribution in [3.63, 3.8) is 0 Å². The molecule has 0 saturated heterocycles. The van der Waals surface area contributed by atoms with E-state index in [4.69, 9.17) is 0 Å². The molecule has 0 aliphatic rings. The Morgan fingerprint density at radius 2 is 1.81 bits per heavy atom. The van der Waals surface area contributed by atoms with Gasteiger partial charge in [-0.1, -0.05) is 30.3 Å². The fourth-order valence-corrected chi connectivity index (χ4v) is 1.15. The van der Waals surface area contributed by atoms with Crippen LogP contribution in [0.15, 0.2) is 36.4 Å². The van der Waals surface area contributed by atoms with E-state index in [0.717, 1.165) is 7.11 Å². The molecular weight excluding hydrogens is 221 g/mol. The number of carbonyl (C=O) groups excluding carboxylic acids is 1. The first kappa shape index (κ1) is 12.3. The standard InChI is InChI=1S/C11H9F3O2/c1-16-10(15)9(7-11(12,13)14)8-5-3-2-4-6-8/h2-7H,1H3. The first-order chi connectivity index (χ1) is 7.44. The number of alkyl halides is 3. The second kappa shape index (κ2) is 4.83. The van der Waals surface area contributed by atoms with E-state index in [9.17, 15) is 18.0 Å². The van der Waals surface area contributed by atoms with Crippen LogP contribution >= 0.6 is 0 Å². The molecule has 1 aromatic rings. The van der Waals surface area contributed by atoms with Gasteiger partial charge in [0, 0.05) is 6.08 Å². The molecule has 0 bridgehead atoms. The van der Waals surface area contributed by atoms with Crippen LogP contribution < -0.4 is 0 Å². The highest BCUT2D eigenvalue weighted by Gasteiger charge is 2.27. The molecule has 2 nitrogen and oxygen atoms in total. The Labute approximate surface area is 90.3 Å². The van der Waals surface area contributed by atoms with Crippen molar-refractivity contribution in [1.29, 1.82) is 0 Å². The molecule has 86 valence electrons. The maximum Gasteiger partial charge on any atom is 0.410 e. The molecule has 0 aliphatic carbocycles. The number of rotatable bonds is 2. The van der Waals surface area contributed by atoms with E-state index >= 15 is 0 Å². The lowest BCUT2D eigenvalue weighted by molar-refractivity contribution is -0.134. The quantitative estimate of drug-likeness (QED) is 0.576. The first-order valence-corrected chi connectivity index (χ1v) is 4.37. The predicted octanol–water partition coefficient (Wildman–Crippen LogP) is 2.81. The third-order valence-electron chi connectivity index (χ3n) is 1.80. The van der Waals surface area contributed by atoms with Crippen molar-refractivity contribution in [2.75, 3.05) is 7.11 Å². The second-order valence-corrected chi connectivity index (χ2v) is 2.96. The van der Waals surface area contributed by atoms with Crippen molar-refractivity contribution >= 4 is 11.5 Å². The number of esters is 1. The molecule has 0 heterocycles. The van der Waals surface area contributed by atoms with Crippen molar-refractivity contribution in [3.05, 3.63) is 42.0 Å². The summed E-state index contributed by atoms with van der Waals surface area (Å²) in [6.45, 7) is 0. The van der Waals surface area contributed by atoms with Gasteiger partial charge in [0.05, 0.1) is 12.7 Å². The largest absolute Gasteiger partial charge is 0.465 e. The zero-order valence-corrected chi connectivity index (χ0v) is 8.41. The van der Waals surface area contributed by atoms with Gasteiger partial charge in [0.15, 0.2) is 0 Å². The Kier molecular flexibility index (Phi) is 3.71. The SMILES string of the molecule is COC(=O)C(=CC(F)(F)F)c1ccccc1. The molecule has 0 unspecified atom stereocenters. The summed E-state index contributed by atoms with van der Waals surface area (Å²) < 4.78 is 40.9. The van der Waals surface area contributed by atoms with E-state index < -0.39 is 17.7 Å². The lowest BCUT2D eigenvalue weighted by atomic mass is 10.1. The molecule has 0 N–H and O–H groups in total. The average Bonchev–Trinajstić information content (AvgIpc) is 2.25. The third kappa shape index (κ3) is 3.42. The molecule has 1 rings (SSSR count). The lowest BCUT2D eigenvalue weighted by Crippen LogP contribution is -2.10. The van der Waals surface area contributed by atoms with Crippen LogP contribution in [-0.4, -0.2) is 19.3 Å². The van der Waals surface area contributed by atoms with Crippen LogP contribution in [0.1, 0.15) is 5.56 Å². The molecule has 0 radical (unpaired) electrons. The molecule has 16 heavy (non-hydrogen) atoms. The zero-order valence-electron chi connectivity index (χ0n) is 8.41. The van der Waals surface area contributed by atoms with Crippen molar-refractivity contribution in [1.82, 2.24) is 0 Å². The average molecular weight is 230 g/mol. The molecule has 1 aromatic carbocycles. The number of hydrogen-bond acceptors (Lipinski definition) is 2. The van der Waals surface area contributed by atoms with Crippen LogP contribution in [0.25, 0.3) is 5.57 Å². The Morgan fingerprint density at radius 3 is 2.25 bits per heavy atom. The predicted molar refractivity (Wildman–Crippen MR) is 52.5 cm³/mol. The summed E-state index contributed by atoms with van der Waals surface area (Å²) in [6.07, 6.45) is -4.62. The maximum absolute atomic E-state index is 12.2. The van der Waals surface area contributed by atoms with Crippen molar-refractivity contribution in [3.8, 4) is 0 Å². The molecule has 0 spiro atoms. The highest BCUT2D eigenvalue weighted by atomic mass is 19.4. The Bertz CT molecular complexity index is 393. The van der Waals surface area contributed by atoms with Gasteiger partial charge in [-0.2, -0.15) is 13.2 Å². The van der Waals surface area contributed by atoms with Gasteiger partial charge in [0.25, 0.3) is 0 Å². The second-order valence-electron chi connectivity index (χ2n) is 2.96. The van der Waals surface area contributed by atoms with Gasteiger partial charge in [-0.3, -0.25) is 0 Å². The molecule has 0 fully saturated rings. The molecule has 0 amide bonds. The van der Waals surface area contributed by atoms with Crippen LogP contribution in [0.3, 0.4) is 0 Å². The molecule has 0 aromatic heterocycles. The van der Waals surface area contributed by atoms with Crippen LogP contribution in [-0.2, 0) is 9.53 Å². The smallest absolute Gasteiger partial charge is 0.410 e. The summed E-state index contributed by atoms with van der Waals surface area (Å²) >= 11 is 0. The number of halogens is 3. The fraction of sp³-hybridized carbons (Fsp3) is 0.182. The molecule has 0 aliphatic heterocycles. The minimum absolute atomic E-state index is 0.0613. The minimum Gasteiger partial charge on any atom is -0.465 e. The van der Waals surface area contributed by atoms with Gasteiger partial charge in [-0.05, 0) is 5.56 Å². The van der Waals surface area contributed by atoms with Crippen molar-refractivity contribution in [2.24, 2.45) is 0 Å². The normalized spacial score (nSPS) is 12.4. The Morgan fingerprint density at radius 1 is 1.25 bits per heavy atom. The molecule has 0 atom stereocenters. The van der Waals surface area contributed by atoms with E-state index in [-0.39, 0.29) is 11.6 Å². The van der Waals surface area contributed by atoms with Crippen molar-refractivity contribution < 1.29 is 22.7 Å². The summed E-state index contributed by atoms with van der Waals surface area (Å²) in [7, 11) is 1.04. The topological polar surface area (TPSA) is 26.3 Å². The van der Waals surface area contributed by atoms with Gasteiger partial charge >= 0.3 is 12.1 Å². The Hall–Kier alpha value is -1.78. The number of methoxy groups -OCH3 is 1. The molecular formula is C11H9F3O2. The maximum atomic E-state index is 12.2. The van der Waals surface area contributed by atoms with Crippen LogP contribution in [0.4, 0.5) is 13.2 Å². The van der Waals surface area contributed by atoms with Gasteiger partial charge in [0.2, 0.25) is 0 Å². The van der Waals surface area contributed by atoms with E-state index in [1.54, 1.807) is 18.2 Å². The molecule has 5 heteroatoms. The number of allylic oxidation sites excluding steroid dienone is 1. The van der Waals surface area contributed by atoms with E-state index in [0.29, 0.717) is 0 Å². The number of benzene rings is 1. The monoisotopic (exact) mass is 230 g/mol. The Balaban J connectivity index is 3.17. The minimum atomic E-state index is -4.56. The lowest BCUT2D eigenvalue weighted by Gasteiger charge is -2.07. The van der Waals surface area contributed by atoms with E-state index in [2.05, 4.69) is 4.74 Å².